The second-order valence-corrected chi connectivity index (χ2v) is 9.39. The maximum absolute atomic E-state index is 12.9. The number of hydrogen-bond donors (Lipinski definition) is 2. The molecule has 0 spiro atoms. The van der Waals surface area contributed by atoms with E-state index in [4.69, 9.17) is 4.74 Å². The molecule has 9 nitrogen and oxygen atoms in total. The normalized spacial score (nSPS) is 15.8. The van der Waals surface area contributed by atoms with Gasteiger partial charge in [0.15, 0.2) is 6.10 Å². The van der Waals surface area contributed by atoms with Crippen LogP contribution in [0.15, 0.2) is 53.4 Å². The fraction of sp³-hybridized carbons (Fsp3) is 0.318. The Balaban J connectivity index is 1.49. The summed E-state index contributed by atoms with van der Waals surface area (Å²) in [7, 11) is -3.85. The number of rotatable bonds is 6. The van der Waals surface area contributed by atoms with Crippen LogP contribution in [0.25, 0.3) is 0 Å². The van der Waals surface area contributed by atoms with E-state index in [2.05, 4.69) is 10.9 Å². The lowest BCUT2D eigenvalue weighted by Crippen LogP contribution is -2.51. The zero-order valence-corrected chi connectivity index (χ0v) is 18.6. The quantitative estimate of drug-likeness (QED) is 0.614. The highest BCUT2D eigenvalue weighted by Crippen LogP contribution is 2.25. The van der Waals surface area contributed by atoms with Crippen molar-refractivity contribution in [2.75, 3.05) is 13.1 Å². The van der Waals surface area contributed by atoms with Crippen molar-refractivity contribution in [1.29, 1.82) is 5.26 Å². The largest absolute Gasteiger partial charge is 0.481 e. The van der Waals surface area contributed by atoms with E-state index in [-0.39, 0.29) is 36.4 Å². The summed E-state index contributed by atoms with van der Waals surface area (Å²) in [6.07, 6.45) is -0.419. The van der Waals surface area contributed by atoms with E-state index in [1.165, 1.54) is 47.6 Å². The molecule has 2 aromatic carbocycles. The second-order valence-electron chi connectivity index (χ2n) is 7.48. The van der Waals surface area contributed by atoms with Crippen molar-refractivity contribution >= 4 is 21.8 Å². The first-order valence-corrected chi connectivity index (χ1v) is 11.7. The minimum absolute atomic E-state index is 0.0576. The predicted molar refractivity (Wildman–Crippen MR) is 115 cm³/mol. The minimum atomic E-state index is -3.85. The lowest BCUT2D eigenvalue weighted by atomic mass is 9.98. The Morgan fingerprint density at radius 1 is 1.12 bits per heavy atom. The summed E-state index contributed by atoms with van der Waals surface area (Å²) in [5, 5.41) is 9.19. The van der Waals surface area contributed by atoms with Gasteiger partial charge in [0.05, 0.1) is 10.5 Å². The summed E-state index contributed by atoms with van der Waals surface area (Å²) in [6, 6.07) is 13.0. The summed E-state index contributed by atoms with van der Waals surface area (Å²) in [4.78, 5) is 24.5. The zero-order valence-electron chi connectivity index (χ0n) is 17.8. The molecule has 0 aromatic heterocycles. The number of nitrogens with one attached hydrogen (secondary N) is 2. The first kappa shape index (κ1) is 24.2. The fourth-order valence-electron chi connectivity index (χ4n) is 3.38. The molecular formula is C22H23FN4O5S. The molecule has 1 aliphatic heterocycles. The average molecular weight is 475 g/mol. The minimum Gasteiger partial charge on any atom is -0.481 e. The van der Waals surface area contributed by atoms with E-state index in [9.17, 15) is 27.7 Å². The van der Waals surface area contributed by atoms with Gasteiger partial charge in [0.1, 0.15) is 17.6 Å². The molecule has 33 heavy (non-hydrogen) atoms. The van der Waals surface area contributed by atoms with Crippen LogP contribution in [0.2, 0.25) is 0 Å². The van der Waals surface area contributed by atoms with Crippen molar-refractivity contribution in [3.63, 3.8) is 0 Å². The Bertz CT molecular complexity index is 1160. The van der Waals surface area contributed by atoms with E-state index < -0.39 is 39.7 Å². The molecule has 0 bridgehead atoms. The number of carbonyl (C=O) groups excluding carboxylic acids is 2. The van der Waals surface area contributed by atoms with Crippen molar-refractivity contribution in [2.45, 2.75) is 30.8 Å². The van der Waals surface area contributed by atoms with Crippen LogP contribution in [0.1, 0.15) is 25.3 Å². The SMILES string of the molecule is CC(Oc1ccc(F)cc1)C(=O)NNC(=O)C1CCN(S(=O)(=O)c2ccccc2C#N)CC1. The molecule has 0 radical (unpaired) electrons. The van der Waals surface area contributed by atoms with Gasteiger partial charge in [0.2, 0.25) is 15.9 Å². The summed E-state index contributed by atoms with van der Waals surface area (Å²) in [6.45, 7) is 1.70. The molecule has 2 aromatic rings. The van der Waals surface area contributed by atoms with Crippen molar-refractivity contribution < 1.29 is 27.1 Å². The van der Waals surface area contributed by atoms with Crippen LogP contribution in [0.5, 0.6) is 5.75 Å². The maximum atomic E-state index is 12.9. The number of nitrogens with zero attached hydrogens (tertiary/aromatic N) is 2. The Morgan fingerprint density at radius 3 is 2.39 bits per heavy atom. The molecular weight excluding hydrogens is 451 g/mol. The number of carbonyl (C=O) groups is 2. The van der Waals surface area contributed by atoms with Gasteiger partial charge in [0.25, 0.3) is 5.91 Å². The molecule has 174 valence electrons. The highest BCUT2D eigenvalue weighted by molar-refractivity contribution is 7.89. The standard InChI is InChI=1S/C22H23FN4O5S/c1-15(32-19-8-6-18(23)7-9-19)21(28)25-26-22(29)16-10-12-27(13-11-16)33(30,31)20-5-3-2-4-17(20)14-24/h2-9,15-16H,10-13H2,1H3,(H,25,28)(H,26,29). The Morgan fingerprint density at radius 2 is 1.76 bits per heavy atom. The molecule has 11 heteroatoms. The number of hydrogen-bond acceptors (Lipinski definition) is 6. The molecule has 1 saturated heterocycles. The molecule has 1 fully saturated rings. The van der Waals surface area contributed by atoms with Crippen LogP contribution in [0.4, 0.5) is 4.39 Å². The van der Waals surface area contributed by atoms with E-state index in [1.54, 1.807) is 12.1 Å². The highest BCUT2D eigenvalue weighted by atomic mass is 32.2. The number of halogens is 1. The molecule has 0 saturated carbocycles. The highest BCUT2D eigenvalue weighted by Gasteiger charge is 2.33. The third-order valence-corrected chi connectivity index (χ3v) is 7.21. The number of sulfonamides is 1. The van der Waals surface area contributed by atoms with Gasteiger partial charge < -0.3 is 4.74 Å². The van der Waals surface area contributed by atoms with Gasteiger partial charge in [-0.1, -0.05) is 12.1 Å². The van der Waals surface area contributed by atoms with E-state index in [0.29, 0.717) is 5.75 Å². The molecule has 2 N–H and O–H groups in total. The number of benzene rings is 2. The van der Waals surface area contributed by atoms with Crippen molar-refractivity contribution in [1.82, 2.24) is 15.2 Å². The van der Waals surface area contributed by atoms with Crippen molar-refractivity contribution in [3.05, 3.63) is 59.9 Å². The Hall–Kier alpha value is -3.49. The van der Waals surface area contributed by atoms with Gasteiger partial charge in [-0.3, -0.25) is 20.4 Å². The number of piperidine rings is 1. The summed E-state index contributed by atoms with van der Waals surface area (Å²) in [5.74, 6) is -1.65. The third kappa shape index (κ3) is 5.85. The average Bonchev–Trinajstić information content (AvgIpc) is 2.83. The summed E-state index contributed by atoms with van der Waals surface area (Å²) in [5.41, 5.74) is 4.70. The topological polar surface area (TPSA) is 129 Å². The molecule has 1 heterocycles. The number of hydrazine groups is 1. The van der Waals surface area contributed by atoms with Crippen molar-refractivity contribution in [2.24, 2.45) is 5.92 Å². The fourth-order valence-corrected chi connectivity index (χ4v) is 4.99. The van der Waals surface area contributed by atoms with Gasteiger partial charge in [-0.15, -0.1) is 0 Å². The van der Waals surface area contributed by atoms with Crippen molar-refractivity contribution in [3.8, 4) is 11.8 Å². The lowest BCUT2D eigenvalue weighted by Gasteiger charge is -2.30. The van der Waals surface area contributed by atoms with Gasteiger partial charge in [-0.2, -0.15) is 9.57 Å². The molecule has 2 amide bonds. The maximum Gasteiger partial charge on any atom is 0.279 e. The number of amides is 2. The van der Waals surface area contributed by atoms with Gasteiger partial charge >= 0.3 is 0 Å². The first-order chi connectivity index (χ1) is 15.7. The molecule has 1 unspecified atom stereocenters. The van der Waals surface area contributed by atoms with Gasteiger partial charge in [0, 0.05) is 19.0 Å². The van der Waals surface area contributed by atoms with Crippen LogP contribution in [-0.2, 0) is 19.6 Å². The van der Waals surface area contributed by atoms with E-state index in [1.807, 2.05) is 6.07 Å². The molecule has 3 rings (SSSR count). The smallest absolute Gasteiger partial charge is 0.279 e. The first-order valence-electron chi connectivity index (χ1n) is 10.2. The van der Waals surface area contributed by atoms with E-state index >= 15 is 0 Å². The van der Waals surface area contributed by atoms with Crippen LogP contribution >= 0.6 is 0 Å². The number of nitriles is 1. The van der Waals surface area contributed by atoms with Crippen LogP contribution < -0.4 is 15.6 Å². The third-order valence-electron chi connectivity index (χ3n) is 5.25. The number of ether oxygens (including phenoxy) is 1. The van der Waals surface area contributed by atoms with Crippen LogP contribution in [0.3, 0.4) is 0 Å². The van der Waals surface area contributed by atoms with Gasteiger partial charge in [-0.25, -0.2) is 12.8 Å². The Kier molecular flexibility index (Phi) is 7.63. The van der Waals surface area contributed by atoms with Gasteiger partial charge in [-0.05, 0) is 56.2 Å². The van der Waals surface area contributed by atoms with Crippen LogP contribution in [-0.4, -0.2) is 43.7 Å². The van der Waals surface area contributed by atoms with Crippen LogP contribution in [0, 0.1) is 23.1 Å². The Labute approximate surface area is 191 Å². The second kappa shape index (κ2) is 10.4. The summed E-state index contributed by atoms with van der Waals surface area (Å²) < 4.78 is 45.4. The molecule has 1 aliphatic rings. The monoisotopic (exact) mass is 474 g/mol. The summed E-state index contributed by atoms with van der Waals surface area (Å²) >= 11 is 0. The molecule has 0 aliphatic carbocycles. The lowest BCUT2D eigenvalue weighted by molar-refractivity contribution is -0.134. The zero-order chi connectivity index (χ0) is 24.0. The molecule has 1 atom stereocenters. The van der Waals surface area contributed by atoms with E-state index in [0.717, 1.165) is 0 Å². The predicted octanol–water partition coefficient (Wildman–Crippen LogP) is 1.71.